The van der Waals surface area contributed by atoms with Gasteiger partial charge in [0.05, 0.1) is 25.3 Å². The van der Waals surface area contributed by atoms with E-state index in [-0.39, 0.29) is 53.6 Å². The molecule has 2 N–H and O–H groups in total. The predicted octanol–water partition coefficient (Wildman–Crippen LogP) is 6.96. The Kier molecular flexibility index (Phi) is 11.9. The molecule has 3 aromatic rings. The van der Waals surface area contributed by atoms with E-state index in [2.05, 4.69) is 46.6 Å². The molecule has 9 rings (SSSR count). The molecule has 13 nitrogen and oxygen atoms in total. The molecule has 2 bridgehead atoms. The Labute approximate surface area is 390 Å². The Bertz CT molecular complexity index is 2510. The number of amides is 1. The van der Waals surface area contributed by atoms with Crippen molar-refractivity contribution >= 4 is 64.4 Å². The number of ketones is 1. The normalized spacial score (nSPS) is 26.2. The van der Waals surface area contributed by atoms with Crippen molar-refractivity contribution in [2.75, 3.05) is 45.7 Å². The van der Waals surface area contributed by atoms with Crippen LogP contribution >= 0.6 is 46.6 Å². The van der Waals surface area contributed by atoms with Crippen LogP contribution in [0.3, 0.4) is 0 Å². The summed E-state index contributed by atoms with van der Waals surface area (Å²) in [5, 5.41) is 26.6. The number of hydrogen-bond donors (Lipinski definition) is 2. The lowest BCUT2D eigenvalue weighted by Crippen LogP contribution is -2.74. The van der Waals surface area contributed by atoms with Gasteiger partial charge in [-0.15, -0.1) is 0 Å². The Morgan fingerprint density at radius 1 is 1.05 bits per heavy atom. The van der Waals surface area contributed by atoms with Crippen molar-refractivity contribution in [3.63, 3.8) is 0 Å². The van der Waals surface area contributed by atoms with E-state index in [9.17, 15) is 24.8 Å². The number of rotatable bonds is 10. The Morgan fingerprint density at radius 2 is 1.72 bits per heavy atom. The van der Waals surface area contributed by atoms with E-state index in [1.807, 2.05) is 50.1 Å². The number of aliphatic hydroxyl groups is 1. The number of aryl methyl sites for hydroxylation is 1. The van der Waals surface area contributed by atoms with E-state index in [1.54, 1.807) is 14.0 Å². The molecule has 336 valence electrons. The maximum Gasteiger partial charge on any atom is 0.408 e. The van der Waals surface area contributed by atoms with Gasteiger partial charge < -0.3 is 34.1 Å². The van der Waals surface area contributed by atoms with Crippen LogP contribution in [0.15, 0.2) is 77.3 Å². The first kappa shape index (κ1) is 44.7. The van der Waals surface area contributed by atoms with E-state index >= 15 is 0 Å². The van der Waals surface area contributed by atoms with Crippen molar-refractivity contribution in [1.29, 1.82) is 5.26 Å². The highest BCUT2D eigenvalue weighted by molar-refractivity contribution is 7.99. The number of alkyl carbamates (subject to hydrolysis) is 1. The standard InChI is InChI=1S/C47H47Cl3N4O9S/c1-23-14-26-15-33-35(17-51)54-34(39(53(33)4)37(26)24(2)40(23)59-5)16-46(58)38(42-41(62-22-63-42)25(3)43(46)55)36(54)18-60-44(56)32(52-45(57)61-21-47(48,49)50)20-64-19-31-29-12-8-6-10-27(29)28-11-7-9-13-30(28)31/h6-14,31-36,39,58H,15-16,18-22H2,1-5H3,(H,52,57)/t32?,33-,34?,35-,36-,39-,46?/m0/s1. The number of hydrogen-bond acceptors (Lipinski definition) is 13. The van der Waals surface area contributed by atoms with Gasteiger partial charge in [0.15, 0.2) is 22.9 Å². The number of piperazine rings is 1. The molecular weight excluding hydrogens is 903 g/mol. The summed E-state index contributed by atoms with van der Waals surface area (Å²) in [6.07, 6.45) is -0.546. The number of esters is 1. The second-order valence-electron chi connectivity index (χ2n) is 17.2. The number of nitriles is 1. The number of nitrogens with zero attached hydrogens (tertiary/aromatic N) is 3. The lowest BCUT2D eigenvalue weighted by molar-refractivity contribution is -0.159. The van der Waals surface area contributed by atoms with Gasteiger partial charge in [-0.25, -0.2) is 9.59 Å². The number of thioether (sulfide) groups is 1. The topological polar surface area (TPSA) is 160 Å². The summed E-state index contributed by atoms with van der Waals surface area (Å²) >= 11 is 19.1. The summed E-state index contributed by atoms with van der Waals surface area (Å²) < 4.78 is 27.2. The summed E-state index contributed by atoms with van der Waals surface area (Å²) in [5.41, 5.74) is 6.87. The average Bonchev–Trinajstić information content (AvgIpc) is 3.87. The second kappa shape index (κ2) is 17.1. The number of piperidine rings is 1. The van der Waals surface area contributed by atoms with Crippen LogP contribution in [-0.2, 0) is 35.0 Å². The largest absolute Gasteiger partial charge is 0.496 e. The lowest BCUT2D eigenvalue weighted by Gasteiger charge is -2.62. The number of carbonyl (C=O) groups excluding carboxylic acids is 3. The van der Waals surface area contributed by atoms with Crippen molar-refractivity contribution in [3.05, 3.63) is 111 Å². The fraction of sp³-hybridized carbons (Fsp3) is 0.447. The highest BCUT2D eigenvalue weighted by atomic mass is 35.6. The van der Waals surface area contributed by atoms with Crippen LogP contribution in [0.4, 0.5) is 4.79 Å². The van der Waals surface area contributed by atoms with E-state index in [4.69, 9.17) is 58.5 Å². The van der Waals surface area contributed by atoms with Crippen LogP contribution in [0.1, 0.15) is 58.7 Å². The minimum Gasteiger partial charge on any atom is -0.496 e. The highest BCUT2D eigenvalue weighted by Crippen LogP contribution is 2.55. The number of methoxy groups -OCH3 is 1. The number of benzene rings is 3. The number of Topliss-reactive ketones (excluding diaryl/α,β-unsaturated/α-hetero) is 1. The third kappa shape index (κ3) is 7.41. The van der Waals surface area contributed by atoms with Gasteiger partial charge in [0.25, 0.3) is 0 Å². The van der Waals surface area contributed by atoms with Crippen molar-refractivity contribution in [2.24, 2.45) is 0 Å². The molecule has 17 heteroatoms. The molecule has 64 heavy (non-hydrogen) atoms. The number of carbonyl (C=O) groups is 3. The maximum absolute atomic E-state index is 14.5. The number of halogens is 3. The van der Waals surface area contributed by atoms with Crippen LogP contribution in [0.5, 0.6) is 5.75 Å². The van der Waals surface area contributed by atoms with Gasteiger partial charge in [-0.3, -0.25) is 14.6 Å². The maximum atomic E-state index is 14.5. The first-order valence-electron chi connectivity index (χ1n) is 21.0. The molecule has 0 saturated carbocycles. The van der Waals surface area contributed by atoms with Gasteiger partial charge in [0, 0.05) is 47.1 Å². The minimum atomic E-state index is -2.11. The SMILES string of the molecule is COc1c(C)cc2c(c1C)[C@@H]1C3CC4(O)C(=O)C(C)=C5OCOC5=C4[C@H](COC(=O)C(CSCC4c5ccccc5-c5ccccc54)NC(=O)OCC(Cl)(Cl)Cl)N3[C@@H](C#N)[C@H](C2)N1C. The summed E-state index contributed by atoms with van der Waals surface area (Å²) in [5.74, 6) is 0.423. The van der Waals surface area contributed by atoms with Gasteiger partial charge in [-0.05, 0) is 78.7 Å². The smallest absolute Gasteiger partial charge is 0.408 e. The third-order valence-corrected chi connectivity index (χ3v) is 15.2. The molecule has 3 fully saturated rings. The molecule has 0 spiro atoms. The molecule has 1 amide bonds. The molecule has 3 saturated heterocycles. The molecule has 4 aliphatic heterocycles. The Morgan fingerprint density at radius 3 is 2.38 bits per heavy atom. The summed E-state index contributed by atoms with van der Waals surface area (Å²) in [4.78, 5) is 46.3. The minimum absolute atomic E-state index is 0.0242. The van der Waals surface area contributed by atoms with Crippen molar-refractivity contribution in [2.45, 2.75) is 85.2 Å². The van der Waals surface area contributed by atoms with E-state index in [0.717, 1.165) is 39.1 Å². The zero-order valence-electron chi connectivity index (χ0n) is 35.8. The Hall–Kier alpha value is -4.46. The first-order chi connectivity index (χ1) is 30.6. The van der Waals surface area contributed by atoms with Crippen molar-refractivity contribution < 1.29 is 43.2 Å². The second-order valence-corrected chi connectivity index (χ2v) is 20.8. The highest BCUT2D eigenvalue weighted by Gasteiger charge is 2.64. The molecule has 2 aliphatic carbocycles. The van der Waals surface area contributed by atoms with Crippen LogP contribution < -0.4 is 10.1 Å². The predicted molar refractivity (Wildman–Crippen MR) is 241 cm³/mol. The molecule has 3 aromatic carbocycles. The molecule has 0 aromatic heterocycles. The van der Waals surface area contributed by atoms with Gasteiger partial charge in [-0.1, -0.05) is 89.4 Å². The average molecular weight is 950 g/mol. The quantitative estimate of drug-likeness (QED) is 0.159. The zero-order valence-corrected chi connectivity index (χ0v) is 38.9. The molecular formula is C47H47Cl3N4O9S. The fourth-order valence-corrected chi connectivity index (χ4v) is 12.5. The first-order valence-corrected chi connectivity index (χ1v) is 23.3. The lowest BCUT2D eigenvalue weighted by atomic mass is 9.64. The molecule has 7 atom stereocenters. The molecule has 0 radical (unpaired) electrons. The van der Waals surface area contributed by atoms with Crippen LogP contribution in [0.2, 0.25) is 0 Å². The van der Waals surface area contributed by atoms with Crippen LogP contribution in [0, 0.1) is 25.2 Å². The van der Waals surface area contributed by atoms with Gasteiger partial charge in [0.1, 0.15) is 31.0 Å². The zero-order chi connectivity index (χ0) is 45.4. The number of alkyl halides is 3. The molecule has 3 unspecified atom stereocenters. The monoisotopic (exact) mass is 948 g/mol. The summed E-state index contributed by atoms with van der Waals surface area (Å²) in [7, 11) is 3.60. The van der Waals surface area contributed by atoms with E-state index in [0.29, 0.717) is 12.2 Å². The molecule has 6 aliphatic rings. The van der Waals surface area contributed by atoms with E-state index < -0.39 is 70.7 Å². The van der Waals surface area contributed by atoms with Crippen molar-refractivity contribution in [3.8, 4) is 22.9 Å². The summed E-state index contributed by atoms with van der Waals surface area (Å²) in [6.45, 7) is 4.40. The number of fused-ring (bicyclic) bond motifs is 11. The van der Waals surface area contributed by atoms with Crippen LogP contribution in [-0.4, -0.2) is 118 Å². The number of likely N-dealkylation sites (N-methyl/N-ethyl adjacent to an activating group) is 1. The molecule has 4 heterocycles. The van der Waals surface area contributed by atoms with Gasteiger partial charge in [-0.2, -0.15) is 17.0 Å². The number of nitrogens with one attached hydrogen (secondary N) is 1. The Balaban J connectivity index is 1.06. The third-order valence-electron chi connectivity index (χ3n) is 13.7. The number of ether oxygens (including phenoxy) is 5. The van der Waals surface area contributed by atoms with Gasteiger partial charge >= 0.3 is 12.1 Å². The van der Waals surface area contributed by atoms with Gasteiger partial charge in [0.2, 0.25) is 10.6 Å². The summed E-state index contributed by atoms with van der Waals surface area (Å²) in [6, 6.07) is 16.7. The fourth-order valence-electron chi connectivity index (χ4n) is 11.1. The van der Waals surface area contributed by atoms with Crippen LogP contribution in [0.25, 0.3) is 11.1 Å². The van der Waals surface area contributed by atoms with E-state index in [1.165, 1.54) is 22.9 Å². The van der Waals surface area contributed by atoms with Crippen molar-refractivity contribution in [1.82, 2.24) is 15.1 Å².